The molecule has 3 unspecified atom stereocenters. The molecule has 0 saturated carbocycles. The van der Waals surface area contributed by atoms with Crippen LogP contribution in [0.15, 0.2) is 11.6 Å². The van der Waals surface area contributed by atoms with E-state index in [0.29, 0.717) is 98.0 Å². The Morgan fingerprint density at radius 3 is 1.55 bits per heavy atom. The van der Waals surface area contributed by atoms with Crippen LogP contribution < -0.4 is 0 Å². The highest BCUT2D eigenvalue weighted by Crippen LogP contribution is 2.40. The molecule has 0 radical (unpaired) electrons. The molecule has 5 aliphatic rings. The van der Waals surface area contributed by atoms with Gasteiger partial charge in [-0.1, -0.05) is 110 Å². The van der Waals surface area contributed by atoms with Gasteiger partial charge in [-0.2, -0.15) is 0 Å². The van der Waals surface area contributed by atoms with Crippen molar-refractivity contribution >= 4 is 0 Å². The smallest absolute Gasteiger partial charge is 0.187 e. The number of hydrogen-bond donors (Lipinski definition) is 0. The maximum Gasteiger partial charge on any atom is 0.187 e. The van der Waals surface area contributed by atoms with E-state index in [0.717, 1.165) is 5.57 Å². The first-order chi connectivity index (χ1) is 35.7. The third-order valence-corrected chi connectivity index (χ3v) is 13.5. The van der Waals surface area contributed by atoms with E-state index in [1.165, 1.54) is 0 Å². The van der Waals surface area contributed by atoms with Gasteiger partial charge in [0.1, 0.15) is 73.2 Å². The van der Waals surface area contributed by atoms with E-state index in [2.05, 4.69) is 117 Å². The van der Waals surface area contributed by atoms with E-state index in [4.69, 9.17) is 75.8 Å². The topological polar surface area (TPSA) is 148 Å². The molecule has 0 aromatic carbocycles. The number of ether oxygens (including phenoxy) is 16. The van der Waals surface area contributed by atoms with Crippen LogP contribution in [0.1, 0.15) is 137 Å². The third-order valence-electron chi connectivity index (χ3n) is 13.5. The molecule has 0 aliphatic carbocycles. The van der Waals surface area contributed by atoms with E-state index in [-0.39, 0.29) is 47.5 Å². The molecular weight excluding hydrogens is 965 g/mol. The van der Waals surface area contributed by atoms with Gasteiger partial charge in [0.15, 0.2) is 18.9 Å². The molecule has 5 heterocycles. The lowest BCUT2D eigenvalue weighted by Crippen LogP contribution is -2.66. The summed E-state index contributed by atoms with van der Waals surface area (Å²) in [4.78, 5) is 0. The molecule has 0 amide bonds. The van der Waals surface area contributed by atoms with Crippen molar-refractivity contribution in [3.8, 4) is 0 Å². The second kappa shape index (κ2) is 32.5. The maximum atomic E-state index is 7.34. The predicted molar refractivity (Wildman–Crippen MR) is 288 cm³/mol. The summed E-state index contributed by atoms with van der Waals surface area (Å²) in [5.41, 5.74) is 0.971. The van der Waals surface area contributed by atoms with Gasteiger partial charge in [-0.15, -0.1) is 0 Å². The summed E-state index contributed by atoms with van der Waals surface area (Å²) < 4.78 is 110. The first-order valence-electron chi connectivity index (χ1n) is 29.4. The Morgan fingerprint density at radius 1 is 0.480 bits per heavy atom. The van der Waals surface area contributed by atoms with Gasteiger partial charge in [0.05, 0.1) is 32.0 Å². The van der Waals surface area contributed by atoms with Crippen LogP contribution in [0.4, 0.5) is 0 Å². The third kappa shape index (κ3) is 20.2. The monoisotopic (exact) mass is 1070 g/mol. The summed E-state index contributed by atoms with van der Waals surface area (Å²) in [5, 5.41) is 0. The van der Waals surface area contributed by atoms with E-state index in [1.54, 1.807) is 0 Å². The first kappa shape index (κ1) is 64.9. The largest absolute Gasteiger partial charge is 0.379 e. The summed E-state index contributed by atoms with van der Waals surface area (Å²) in [6.07, 6.45) is -6.81. The molecule has 16 heteroatoms. The van der Waals surface area contributed by atoms with Crippen molar-refractivity contribution in [1.29, 1.82) is 0 Å². The van der Waals surface area contributed by atoms with Crippen LogP contribution in [-0.4, -0.2) is 184 Å². The Hall–Kier alpha value is -0.900. The van der Waals surface area contributed by atoms with Crippen LogP contribution in [0.2, 0.25) is 0 Å². The van der Waals surface area contributed by atoms with Crippen LogP contribution >= 0.6 is 0 Å². The number of hydrogen-bond acceptors (Lipinski definition) is 16. The highest BCUT2D eigenvalue weighted by atomic mass is 16.8. The van der Waals surface area contributed by atoms with Crippen LogP contribution in [0.5, 0.6) is 0 Å². The normalized spacial score (nSPS) is 36.3. The average molecular weight is 1070 g/mol. The van der Waals surface area contributed by atoms with Crippen LogP contribution in [0.25, 0.3) is 0 Å². The van der Waals surface area contributed by atoms with Crippen molar-refractivity contribution in [2.75, 3.05) is 79.3 Å². The van der Waals surface area contributed by atoms with Gasteiger partial charge < -0.3 is 75.8 Å². The maximum absolute atomic E-state index is 7.34. The minimum Gasteiger partial charge on any atom is -0.379 e. The lowest BCUT2D eigenvalue weighted by Gasteiger charge is -2.51. The molecule has 0 bridgehead atoms. The molecular formula is C59H108O16. The van der Waals surface area contributed by atoms with Crippen LogP contribution in [0.3, 0.4) is 0 Å². The lowest BCUT2D eigenvalue weighted by atomic mass is 9.89. The van der Waals surface area contributed by atoms with Gasteiger partial charge in [-0.3, -0.25) is 0 Å². The Balaban J connectivity index is 1.55. The van der Waals surface area contributed by atoms with Crippen molar-refractivity contribution in [2.45, 2.75) is 242 Å². The number of fused-ring (bicyclic) bond motifs is 2. The fourth-order valence-corrected chi connectivity index (χ4v) is 10.1. The SMILES string of the molecule is CCOC[C@H]1O[C@H](OC2C[C@@H](C)CO[C@H]3[C@H](OCC(C)C)[C@H]4OCC(C)=CC([C@H]5OC(OCC(C)C)[C@H](OCC)[C@@H](OCC(C)C)[C@@H]5OCC(C)C)O[C@H]4O[C@@H]3C2)[C@H](OCC(C)C)[C@@H](OCC(C)C)[C@@H]1OCC(C)C. The Kier molecular flexibility index (Phi) is 28.1. The Bertz CT molecular complexity index is 1580. The van der Waals surface area contributed by atoms with Crippen molar-refractivity contribution in [3.63, 3.8) is 0 Å². The van der Waals surface area contributed by atoms with Crippen molar-refractivity contribution in [1.82, 2.24) is 0 Å². The van der Waals surface area contributed by atoms with Crippen molar-refractivity contribution in [3.05, 3.63) is 11.6 Å². The molecule has 5 rings (SSSR count). The fraction of sp³-hybridized carbons (Fsp3) is 0.966. The van der Waals surface area contributed by atoms with Crippen LogP contribution in [-0.2, 0) is 75.8 Å². The minimum absolute atomic E-state index is 0.125. The van der Waals surface area contributed by atoms with Crippen molar-refractivity contribution in [2.24, 2.45) is 47.3 Å². The molecule has 0 spiro atoms. The predicted octanol–water partition coefficient (Wildman–Crippen LogP) is 9.45. The second-order valence-corrected chi connectivity index (χ2v) is 25.0. The summed E-state index contributed by atoms with van der Waals surface area (Å²) in [5.74, 6) is 1.96. The molecule has 75 heavy (non-hydrogen) atoms. The molecule has 440 valence electrons. The summed E-state index contributed by atoms with van der Waals surface area (Å²) in [7, 11) is 0. The van der Waals surface area contributed by atoms with Crippen LogP contribution in [0, 0.1) is 47.3 Å². The zero-order valence-electron chi connectivity index (χ0n) is 49.9. The standard InChI is InChI=1S/C59H108O16/c1-19-60-33-46-48(62-24-34(3)4)51(64-26-36(7)8)55(67-29-39(13)14)58(74-46)71-43-21-41(17)31-68-47-45(23-43)73-59-56(50(47)63-25-35(5)6)69-32-42(18)22-44(72-59)49-52(65-27-37(9)10)53(66-28-38(11)12)54(61-20-2)57(75-49)70-30-40(15)16/h22,34-41,43-59H,19-21,23-33H2,1-18H3/t41-,43?,44?,45-,46-,47-,48-,49-,50+,51+,52-,53+,54-,55-,56-,57?,58+,59+/m1/s1. The summed E-state index contributed by atoms with van der Waals surface area (Å²) in [6.45, 7) is 43.8. The molecule has 0 aromatic heterocycles. The van der Waals surface area contributed by atoms with Gasteiger partial charge in [-0.25, -0.2) is 0 Å². The highest BCUT2D eigenvalue weighted by molar-refractivity contribution is 5.11. The summed E-state index contributed by atoms with van der Waals surface area (Å²) in [6, 6.07) is 0. The molecule has 0 N–H and O–H groups in total. The van der Waals surface area contributed by atoms with Gasteiger partial charge >= 0.3 is 0 Å². The lowest BCUT2D eigenvalue weighted by molar-refractivity contribution is -0.364. The zero-order chi connectivity index (χ0) is 54.9. The van der Waals surface area contributed by atoms with Gasteiger partial charge in [-0.05, 0) is 80.1 Å². The van der Waals surface area contributed by atoms with E-state index in [1.807, 2.05) is 13.8 Å². The van der Waals surface area contributed by atoms with E-state index < -0.39 is 98.2 Å². The van der Waals surface area contributed by atoms with Gasteiger partial charge in [0.2, 0.25) is 0 Å². The molecule has 0 aromatic rings. The first-order valence-corrected chi connectivity index (χ1v) is 29.4. The minimum atomic E-state index is -0.904. The molecule has 4 saturated heterocycles. The Morgan fingerprint density at radius 2 is 0.987 bits per heavy atom. The Labute approximate surface area is 454 Å². The van der Waals surface area contributed by atoms with Crippen molar-refractivity contribution < 1.29 is 75.8 Å². The van der Waals surface area contributed by atoms with Gasteiger partial charge in [0.25, 0.3) is 0 Å². The highest BCUT2D eigenvalue weighted by Gasteiger charge is 2.56. The second-order valence-electron chi connectivity index (χ2n) is 25.0. The summed E-state index contributed by atoms with van der Waals surface area (Å²) >= 11 is 0. The molecule has 16 nitrogen and oxygen atoms in total. The van der Waals surface area contributed by atoms with E-state index in [9.17, 15) is 0 Å². The van der Waals surface area contributed by atoms with Gasteiger partial charge in [0, 0.05) is 65.9 Å². The molecule has 18 atom stereocenters. The fourth-order valence-electron chi connectivity index (χ4n) is 10.1. The zero-order valence-corrected chi connectivity index (χ0v) is 49.9. The molecule has 4 fully saturated rings. The molecule has 5 aliphatic heterocycles. The average Bonchev–Trinajstić information content (AvgIpc) is 3.32. The number of rotatable bonds is 29. The van der Waals surface area contributed by atoms with E-state index >= 15 is 0 Å². The quantitative estimate of drug-likeness (QED) is 0.0655.